The van der Waals surface area contributed by atoms with Crippen LogP contribution in [0.3, 0.4) is 0 Å². The summed E-state index contributed by atoms with van der Waals surface area (Å²) in [6, 6.07) is 14.0. The van der Waals surface area contributed by atoms with Gasteiger partial charge in [0.1, 0.15) is 5.82 Å². The van der Waals surface area contributed by atoms with Gasteiger partial charge in [-0.05, 0) is 36.9 Å². The standard InChI is InChI=1S/C16H17BrN4/c1-21(9-11-4-2-3-5-13(11)17)10-16-19-14-7-6-12(18)8-15(14)20-16/h2-8H,9-10,18H2,1H3,(H,19,20). The molecule has 0 amide bonds. The third-order valence-corrected chi connectivity index (χ3v) is 4.15. The Labute approximate surface area is 132 Å². The molecule has 0 fully saturated rings. The van der Waals surface area contributed by atoms with E-state index in [1.54, 1.807) is 0 Å². The number of aromatic nitrogens is 2. The number of aromatic amines is 1. The SMILES string of the molecule is CN(Cc1nc2ccc(N)cc2[nH]1)Cc1ccccc1Br. The molecule has 0 radical (unpaired) electrons. The van der Waals surface area contributed by atoms with Gasteiger partial charge in [0.25, 0.3) is 0 Å². The largest absolute Gasteiger partial charge is 0.399 e. The highest BCUT2D eigenvalue weighted by atomic mass is 79.9. The third kappa shape index (κ3) is 3.25. The van der Waals surface area contributed by atoms with E-state index in [4.69, 9.17) is 5.73 Å². The molecule has 3 rings (SSSR count). The number of nitrogens with zero attached hydrogens (tertiary/aromatic N) is 2. The zero-order valence-corrected chi connectivity index (χ0v) is 13.4. The van der Waals surface area contributed by atoms with E-state index in [2.05, 4.69) is 56.0 Å². The molecule has 5 heteroatoms. The molecule has 0 spiro atoms. The third-order valence-electron chi connectivity index (χ3n) is 3.37. The minimum Gasteiger partial charge on any atom is -0.399 e. The number of nitrogen functional groups attached to an aromatic ring is 1. The smallest absolute Gasteiger partial charge is 0.121 e. The number of rotatable bonds is 4. The van der Waals surface area contributed by atoms with Gasteiger partial charge >= 0.3 is 0 Å². The van der Waals surface area contributed by atoms with Crippen molar-refractivity contribution in [1.29, 1.82) is 0 Å². The molecule has 1 heterocycles. The van der Waals surface area contributed by atoms with Crippen LogP contribution in [0.2, 0.25) is 0 Å². The molecule has 3 aromatic rings. The number of nitrogens with one attached hydrogen (secondary N) is 1. The normalized spacial score (nSPS) is 11.4. The number of fused-ring (bicyclic) bond motifs is 1. The van der Waals surface area contributed by atoms with E-state index < -0.39 is 0 Å². The molecule has 0 unspecified atom stereocenters. The molecule has 108 valence electrons. The molecule has 1 aromatic heterocycles. The number of imidazole rings is 1. The van der Waals surface area contributed by atoms with Gasteiger partial charge in [-0.3, -0.25) is 4.90 Å². The zero-order chi connectivity index (χ0) is 14.8. The highest BCUT2D eigenvalue weighted by Gasteiger charge is 2.08. The summed E-state index contributed by atoms with van der Waals surface area (Å²) in [6.07, 6.45) is 0. The van der Waals surface area contributed by atoms with E-state index >= 15 is 0 Å². The Morgan fingerprint density at radius 1 is 1.19 bits per heavy atom. The highest BCUT2D eigenvalue weighted by Crippen LogP contribution is 2.19. The van der Waals surface area contributed by atoms with Gasteiger partial charge in [-0.15, -0.1) is 0 Å². The van der Waals surface area contributed by atoms with Gasteiger partial charge in [0, 0.05) is 16.7 Å². The van der Waals surface area contributed by atoms with Crippen molar-refractivity contribution in [1.82, 2.24) is 14.9 Å². The molecule has 0 aliphatic rings. The second-order valence-electron chi connectivity index (χ2n) is 5.22. The van der Waals surface area contributed by atoms with Crippen LogP contribution in [0, 0.1) is 0 Å². The van der Waals surface area contributed by atoms with Crippen molar-refractivity contribution < 1.29 is 0 Å². The molecule has 0 saturated carbocycles. The second kappa shape index (κ2) is 5.87. The topological polar surface area (TPSA) is 57.9 Å². The number of benzene rings is 2. The summed E-state index contributed by atoms with van der Waals surface area (Å²) in [5.41, 5.74) is 9.74. The van der Waals surface area contributed by atoms with Crippen LogP contribution in [0.25, 0.3) is 11.0 Å². The fourth-order valence-electron chi connectivity index (χ4n) is 2.38. The number of H-pyrrole nitrogens is 1. The van der Waals surface area contributed by atoms with E-state index in [0.29, 0.717) is 0 Å². The molecule has 0 atom stereocenters. The first-order valence-electron chi connectivity index (χ1n) is 6.78. The molecule has 0 aliphatic heterocycles. The summed E-state index contributed by atoms with van der Waals surface area (Å²) in [6.45, 7) is 1.62. The predicted octanol–water partition coefficient (Wildman–Crippen LogP) is 3.54. The van der Waals surface area contributed by atoms with Crippen molar-refractivity contribution in [2.45, 2.75) is 13.1 Å². The lowest BCUT2D eigenvalue weighted by atomic mass is 10.2. The monoisotopic (exact) mass is 344 g/mol. The molecule has 0 aliphatic carbocycles. The molecule has 0 bridgehead atoms. The molecule has 2 aromatic carbocycles. The fourth-order valence-corrected chi connectivity index (χ4v) is 2.79. The zero-order valence-electron chi connectivity index (χ0n) is 11.8. The maximum Gasteiger partial charge on any atom is 0.121 e. The van der Waals surface area contributed by atoms with Gasteiger partial charge < -0.3 is 10.7 Å². The first-order valence-corrected chi connectivity index (χ1v) is 7.57. The average Bonchev–Trinajstić information content (AvgIpc) is 2.82. The van der Waals surface area contributed by atoms with Crippen molar-refractivity contribution in [3.8, 4) is 0 Å². The number of hydrogen-bond acceptors (Lipinski definition) is 3. The highest BCUT2D eigenvalue weighted by molar-refractivity contribution is 9.10. The van der Waals surface area contributed by atoms with Crippen LogP contribution >= 0.6 is 15.9 Å². The van der Waals surface area contributed by atoms with Crippen LogP contribution in [0.1, 0.15) is 11.4 Å². The van der Waals surface area contributed by atoms with Gasteiger partial charge in [-0.1, -0.05) is 34.1 Å². The summed E-state index contributed by atoms with van der Waals surface area (Å²) in [5, 5.41) is 0. The van der Waals surface area contributed by atoms with Crippen LogP contribution in [0.4, 0.5) is 5.69 Å². The Morgan fingerprint density at radius 3 is 2.81 bits per heavy atom. The summed E-state index contributed by atoms with van der Waals surface area (Å²) in [4.78, 5) is 10.1. The number of nitrogens with two attached hydrogens (primary N) is 1. The Bertz CT molecular complexity index is 766. The summed E-state index contributed by atoms with van der Waals surface area (Å²) in [7, 11) is 2.08. The summed E-state index contributed by atoms with van der Waals surface area (Å²) in [5.74, 6) is 0.949. The Hall–Kier alpha value is -1.85. The number of anilines is 1. The van der Waals surface area contributed by atoms with Crippen LogP contribution < -0.4 is 5.73 Å². The van der Waals surface area contributed by atoms with E-state index in [0.717, 1.165) is 40.1 Å². The van der Waals surface area contributed by atoms with Crippen LogP contribution in [-0.4, -0.2) is 21.9 Å². The van der Waals surface area contributed by atoms with Gasteiger partial charge in [-0.25, -0.2) is 4.98 Å². The van der Waals surface area contributed by atoms with Gasteiger partial charge in [-0.2, -0.15) is 0 Å². The van der Waals surface area contributed by atoms with Crippen molar-refractivity contribution in [3.05, 3.63) is 58.3 Å². The number of halogens is 1. The van der Waals surface area contributed by atoms with Gasteiger partial charge in [0.2, 0.25) is 0 Å². The first-order chi connectivity index (χ1) is 10.1. The lowest BCUT2D eigenvalue weighted by Crippen LogP contribution is -2.18. The van der Waals surface area contributed by atoms with Crippen LogP contribution in [0.5, 0.6) is 0 Å². The molecule has 21 heavy (non-hydrogen) atoms. The molecular weight excluding hydrogens is 328 g/mol. The first kappa shape index (κ1) is 14.1. The van der Waals surface area contributed by atoms with E-state index in [1.807, 2.05) is 24.3 Å². The average molecular weight is 345 g/mol. The second-order valence-corrected chi connectivity index (χ2v) is 6.08. The van der Waals surface area contributed by atoms with E-state index in [-0.39, 0.29) is 0 Å². The number of hydrogen-bond donors (Lipinski definition) is 2. The predicted molar refractivity (Wildman–Crippen MR) is 89.8 cm³/mol. The minimum atomic E-state index is 0.749. The van der Waals surface area contributed by atoms with E-state index in [9.17, 15) is 0 Å². The van der Waals surface area contributed by atoms with Crippen LogP contribution in [0.15, 0.2) is 46.9 Å². The van der Waals surface area contributed by atoms with Crippen molar-refractivity contribution >= 4 is 32.7 Å². The molecule has 0 saturated heterocycles. The molecular formula is C16H17BrN4. The van der Waals surface area contributed by atoms with Crippen molar-refractivity contribution in [3.63, 3.8) is 0 Å². The van der Waals surface area contributed by atoms with E-state index in [1.165, 1.54) is 5.56 Å². The Kier molecular flexibility index (Phi) is 3.94. The van der Waals surface area contributed by atoms with Crippen LogP contribution in [-0.2, 0) is 13.1 Å². The maximum atomic E-state index is 5.79. The molecule has 3 N–H and O–H groups in total. The summed E-state index contributed by atoms with van der Waals surface area (Å²) >= 11 is 3.58. The lowest BCUT2D eigenvalue weighted by Gasteiger charge is -2.16. The fraction of sp³-hybridized carbons (Fsp3) is 0.188. The quantitative estimate of drug-likeness (QED) is 0.711. The van der Waals surface area contributed by atoms with Gasteiger partial charge in [0.15, 0.2) is 0 Å². The maximum absolute atomic E-state index is 5.79. The summed E-state index contributed by atoms with van der Waals surface area (Å²) < 4.78 is 1.13. The van der Waals surface area contributed by atoms with Crippen molar-refractivity contribution in [2.24, 2.45) is 0 Å². The Morgan fingerprint density at radius 2 is 2.00 bits per heavy atom. The van der Waals surface area contributed by atoms with Crippen molar-refractivity contribution in [2.75, 3.05) is 12.8 Å². The van der Waals surface area contributed by atoms with Gasteiger partial charge in [0.05, 0.1) is 17.6 Å². The minimum absolute atomic E-state index is 0.749. The molecule has 4 nitrogen and oxygen atoms in total. The Balaban J connectivity index is 1.74. The lowest BCUT2D eigenvalue weighted by molar-refractivity contribution is 0.311.